The third-order valence-corrected chi connectivity index (χ3v) is 4.84. The summed E-state index contributed by atoms with van der Waals surface area (Å²) in [5.74, 6) is 0. The summed E-state index contributed by atoms with van der Waals surface area (Å²) in [5, 5.41) is 2.83. The van der Waals surface area contributed by atoms with Gasteiger partial charge in [0.2, 0.25) is 0 Å². The highest BCUT2D eigenvalue weighted by atomic mass is 79.9. The summed E-state index contributed by atoms with van der Waals surface area (Å²) in [5.41, 5.74) is 1.53. The molecule has 0 saturated carbocycles. The van der Waals surface area contributed by atoms with Crippen LogP contribution in [0.15, 0.2) is 16.6 Å². The van der Waals surface area contributed by atoms with E-state index in [2.05, 4.69) is 26.1 Å². The maximum absolute atomic E-state index is 12.3. The SMILES string of the molecule is Cc1cc(Br)c(N2CCN(C(=O)OC(C)(C)C)CC2)cc1NC(=O)OC(C)(C)C. The van der Waals surface area contributed by atoms with Gasteiger partial charge in [0, 0.05) is 36.3 Å². The van der Waals surface area contributed by atoms with Crippen molar-refractivity contribution >= 4 is 39.5 Å². The number of amides is 2. The van der Waals surface area contributed by atoms with Gasteiger partial charge in [-0.05, 0) is 82.1 Å². The summed E-state index contributed by atoms with van der Waals surface area (Å²) in [6, 6.07) is 3.91. The van der Waals surface area contributed by atoms with Crippen LogP contribution < -0.4 is 10.2 Å². The number of ether oxygens (including phenoxy) is 2. The van der Waals surface area contributed by atoms with E-state index in [1.165, 1.54) is 0 Å². The number of benzene rings is 1. The van der Waals surface area contributed by atoms with Gasteiger partial charge >= 0.3 is 12.2 Å². The highest BCUT2D eigenvalue weighted by Crippen LogP contribution is 2.33. The van der Waals surface area contributed by atoms with E-state index in [4.69, 9.17) is 9.47 Å². The second kappa shape index (κ2) is 8.81. The minimum absolute atomic E-state index is 0.285. The number of nitrogens with one attached hydrogen (secondary N) is 1. The van der Waals surface area contributed by atoms with Crippen LogP contribution in [-0.4, -0.2) is 54.5 Å². The lowest BCUT2D eigenvalue weighted by Gasteiger charge is -2.37. The Kier molecular flexibility index (Phi) is 7.09. The molecule has 0 aromatic heterocycles. The Balaban J connectivity index is 2.08. The Morgan fingerprint density at radius 1 is 0.966 bits per heavy atom. The average molecular weight is 470 g/mol. The van der Waals surface area contributed by atoms with Gasteiger partial charge in [-0.25, -0.2) is 9.59 Å². The van der Waals surface area contributed by atoms with Crippen LogP contribution in [0.2, 0.25) is 0 Å². The van der Waals surface area contributed by atoms with E-state index in [9.17, 15) is 9.59 Å². The summed E-state index contributed by atoms with van der Waals surface area (Å²) in [7, 11) is 0. The van der Waals surface area contributed by atoms with Gasteiger partial charge in [-0.2, -0.15) is 0 Å². The molecule has 0 unspecified atom stereocenters. The van der Waals surface area contributed by atoms with Gasteiger partial charge < -0.3 is 19.3 Å². The fourth-order valence-corrected chi connectivity index (χ4v) is 3.62. The Labute approximate surface area is 181 Å². The van der Waals surface area contributed by atoms with Crippen LogP contribution in [0, 0.1) is 6.92 Å². The fraction of sp³-hybridized carbons (Fsp3) is 0.619. The molecule has 7 nitrogen and oxygen atoms in total. The molecule has 162 valence electrons. The van der Waals surface area contributed by atoms with E-state index >= 15 is 0 Å². The van der Waals surface area contributed by atoms with Crippen molar-refractivity contribution in [2.45, 2.75) is 59.7 Å². The largest absolute Gasteiger partial charge is 0.444 e. The fourth-order valence-electron chi connectivity index (χ4n) is 2.91. The third kappa shape index (κ3) is 7.10. The third-order valence-electron chi connectivity index (χ3n) is 4.20. The Hall–Kier alpha value is -1.96. The first-order chi connectivity index (χ1) is 13.2. The quantitative estimate of drug-likeness (QED) is 0.647. The smallest absolute Gasteiger partial charge is 0.412 e. The van der Waals surface area contributed by atoms with Crippen molar-refractivity contribution in [3.8, 4) is 0 Å². The molecule has 0 radical (unpaired) electrons. The lowest BCUT2D eigenvalue weighted by atomic mass is 10.1. The molecule has 1 N–H and O–H groups in total. The van der Waals surface area contributed by atoms with Crippen LogP contribution in [0.5, 0.6) is 0 Å². The van der Waals surface area contributed by atoms with Crippen LogP contribution in [0.4, 0.5) is 21.0 Å². The molecule has 0 aliphatic carbocycles. The normalized spacial score (nSPS) is 15.2. The zero-order valence-corrected chi connectivity index (χ0v) is 20.0. The van der Waals surface area contributed by atoms with Gasteiger partial charge in [-0.15, -0.1) is 0 Å². The molecule has 0 atom stereocenters. The first kappa shape index (κ1) is 23.3. The van der Waals surface area contributed by atoms with E-state index < -0.39 is 17.3 Å². The van der Waals surface area contributed by atoms with Gasteiger partial charge in [-0.3, -0.25) is 5.32 Å². The molecule has 29 heavy (non-hydrogen) atoms. The monoisotopic (exact) mass is 469 g/mol. The van der Waals surface area contributed by atoms with Gasteiger partial charge in [0.1, 0.15) is 11.2 Å². The molecule has 8 heteroatoms. The Morgan fingerprint density at radius 2 is 1.52 bits per heavy atom. The van der Waals surface area contributed by atoms with Gasteiger partial charge in [-0.1, -0.05) is 0 Å². The Morgan fingerprint density at radius 3 is 2.03 bits per heavy atom. The highest BCUT2D eigenvalue weighted by molar-refractivity contribution is 9.10. The number of carbonyl (C=O) groups excluding carboxylic acids is 2. The summed E-state index contributed by atoms with van der Waals surface area (Å²) in [6.45, 7) is 15.5. The Bertz CT molecular complexity index is 760. The summed E-state index contributed by atoms with van der Waals surface area (Å²) >= 11 is 3.62. The molecular weight excluding hydrogens is 438 g/mol. The lowest BCUT2D eigenvalue weighted by molar-refractivity contribution is 0.0240. The van der Waals surface area contributed by atoms with Crippen molar-refractivity contribution in [2.75, 3.05) is 36.4 Å². The van der Waals surface area contributed by atoms with Gasteiger partial charge in [0.05, 0.1) is 5.69 Å². The standard InChI is InChI=1S/C21H32BrN3O4/c1-14-12-15(22)17(13-16(14)23-18(26)28-20(2,3)4)24-8-10-25(11-9-24)19(27)29-21(5,6)7/h12-13H,8-11H2,1-7H3,(H,23,26). The zero-order chi connectivity index (χ0) is 22.0. The van der Waals surface area contributed by atoms with E-state index in [-0.39, 0.29) is 6.09 Å². The summed E-state index contributed by atoms with van der Waals surface area (Å²) in [6.07, 6.45) is -0.768. The number of halogens is 1. The number of nitrogens with zero attached hydrogens (tertiary/aromatic N) is 2. The first-order valence-electron chi connectivity index (χ1n) is 9.78. The molecule has 1 aliphatic heterocycles. The maximum atomic E-state index is 12.3. The van der Waals surface area contributed by atoms with Crippen LogP contribution >= 0.6 is 15.9 Å². The number of hydrogen-bond acceptors (Lipinski definition) is 5. The summed E-state index contributed by atoms with van der Waals surface area (Å²) in [4.78, 5) is 28.4. The average Bonchev–Trinajstić information content (AvgIpc) is 2.54. The first-order valence-corrected chi connectivity index (χ1v) is 10.6. The van der Waals surface area contributed by atoms with Gasteiger partial charge in [0.15, 0.2) is 0 Å². The molecule has 1 heterocycles. The summed E-state index contributed by atoms with van der Waals surface area (Å²) < 4.78 is 11.8. The van der Waals surface area contributed by atoms with Crippen molar-refractivity contribution in [3.05, 3.63) is 22.2 Å². The molecule has 1 aromatic carbocycles. The zero-order valence-electron chi connectivity index (χ0n) is 18.4. The molecule has 2 rings (SSSR count). The second-order valence-corrected chi connectivity index (χ2v) is 10.1. The van der Waals surface area contributed by atoms with Crippen LogP contribution in [-0.2, 0) is 9.47 Å². The predicted octanol–water partition coefficient (Wildman–Crippen LogP) is 5.16. The van der Waals surface area contributed by atoms with Crippen molar-refractivity contribution in [2.24, 2.45) is 0 Å². The molecule has 1 fully saturated rings. The highest BCUT2D eigenvalue weighted by Gasteiger charge is 2.27. The van der Waals surface area contributed by atoms with E-state index in [0.717, 1.165) is 15.7 Å². The number of piperazine rings is 1. The molecule has 1 saturated heterocycles. The van der Waals surface area contributed by atoms with E-state index in [1.807, 2.05) is 60.6 Å². The number of rotatable bonds is 2. The molecule has 1 aliphatic rings. The maximum Gasteiger partial charge on any atom is 0.412 e. The predicted molar refractivity (Wildman–Crippen MR) is 119 cm³/mol. The number of aryl methyl sites for hydroxylation is 1. The van der Waals surface area contributed by atoms with Crippen molar-refractivity contribution in [1.82, 2.24) is 4.90 Å². The second-order valence-electron chi connectivity index (χ2n) is 9.20. The number of anilines is 2. The van der Waals surface area contributed by atoms with Crippen molar-refractivity contribution in [1.29, 1.82) is 0 Å². The van der Waals surface area contributed by atoms with Crippen LogP contribution in [0.25, 0.3) is 0 Å². The minimum Gasteiger partial charge on any atom is -0.444 e. The lowest BCUT2D eigenvalue weighted by Crippen LogP contribution is -2.50. The van der Waals surface area contributed by atoms with E-state index in [1.54, 1.807) is 4.90 Å². The van der Waals surface area contributed by atoms with Gasteiger partial charge in [0.25, 0.3) is 0 Å². The van der Waals surface area contributed by atoms with Crippen LogP contribution in [0.1, 0.15) is 47.1 Å². The van der Waals surface area contributed by atoms with Crippen LogP contribution in [0.3, 0.4) is 0 Å². The molecule has 0 spiro atoms. The van der Waals surface area contributed by atoms with Crippen molar-refractivity contribution in [3.63, 3.8) is 0 Å². The number of hydrogen-bond donors (Lipinski definition) is 1. The van der Waals surface area contributed by atoms with E-state index in [0.29, 0.717) is 31.9 Å². The topological polar surface area (TPSA) is 71.1 Å². The number of carbonyl (C=O) groups is 2. The van der Waals surface area contributed by atoms with Crippen molar-refractivity contribution < 1.29 is 19.1 Å². The minimum atomic E-state index is -0.561. The molecular formula is C21H32BrN3O4. The molecule has 0 bridgehead atoms. The molecule has 2 amide bonds. The molecule has 1 aromatic rings.